The summed E-state index contributed by atoms with van der Waals surface area (Å²) in [6, 6.07) is 19.0. The molecule has 0 aliphatic rings. The Balaban J connectivity index is 1.37. The number of phenolic OH excluding ortho intramolecular Hbond substituents is 2. The number of carbonyl (C=O) groups excluding carboxylic acids is 4. The lowest BCUT2D eigenvalue weighted by atomic mass is 10.0. The van der Waals surface area contributed by atoms with Crippen molar-refractivity contribution in [1.82, 2.24) is 20.9 Å². The Morgan fingerprint density at radius 2 is 1.31 bits per heavy atom. The lowest BCUT2D eigenvalue weighted by Gasteiger charge is -2.26. The highest BCUT2D eigenvalue weighted by atomic mass is 32.1. The third kappa shape index (κ3) is 11.3. The van der Waals surface area contributed by atoms with Crippen LogP contribution < -0.4 is 33.2 Å². The molecule has 0 aliphatic carbocycles. The highest BCUT2D eigenvalue weighted by Crippen LogP contribution is 2.24. The van der Waals surface area contributed by atoms with Gasteiger partial charge in [0.2, 0.25) is 23.5 Å². The van der Waals surface area contributed by atoms with Crippen LogP contribution in [0.4, 0.5) is 0 Å². The van der Waals surface area contributed by atoms with E-state index in [2.05, 4.69) is 25.9 Å². The molecule has 0 unspecified atom stereocenters. The summed E-state index contributed by atoms with van der Waals surface area (Å²) in [6.45, 7) is 0.227. The molecule has 3 aromatic carbocycles. The standard InChI is InChI=1S/C38H42N8O6S2/c39-27(19-22-9-13-24(47)14-10-22)34(50)44-30(20-23-11-15-25(48)16-12-23)35(51)45-31(21-26-5-4-18-53-26)36(52)43-29(7-3-17-42-38(40)41)33(49)37-46-28-6-1-2-8-32(28)54-37/h1-2,4-6,8-16,18,27,29-31,47-48H,3,7,17,19-21,39H2,(H,43,52)(H,44,50)(H,45,51)(H4,40,41,42)/t27-,29-,30-,31-/m0/s1. The van der Waals surface area contributed by atoms with E-state index in [4.69, 9.17) is 17.2 Å². The zero-order valence-corrected chi connectivity index (χ0v) is 30.8. The number of hydrogen-bond donors (Lipinski definition) is 8. The first kappa shape index (κ1) is 39.4. The van der Waals surface area contributed by atoms with Crippen LogP contribution >= 0.6 is 22.7 Å². The monoisotopic (exact) mass is 770 g/mol. The van der Waals surface area contributed by atoms with E-state index >= 15 is 0 Å². The van der Waals surface area contributed by atoms with Crippen molar-refractivity contribution < 1.29 is 29.4 Å². The summed E-state index contributed by atoms with van der Waals surface area (Å²) in [4.78, 5) is 64.8. The van der Waals surface area contributed by atoms with E-state index in [1.54, 1.807) is 30.3 Å². The number of guanidine groups is 1. The predicted octanol–water partition coefficient (Wildman–Crippen LogP) is 2.52. The van der Waals surface area contributed by atoms with Gasteiger partial charge in [0.05, 0.1) is 22.3 Å². The van der Waals surface area contributed by atoms with E-state index < -0.39 is 47.7 Å². The number of ketones is 1. The average molecular weight is 771 g/mol. The number of aromatic hydroxyl groups is 2. The summed E-state index contributed by atoms with van der Waals surface area (Å²) in [5.74, 6) is -2.27. The molecule has 16 heteroatoms. The molecule has 0 spiro atoms. The number of aliphatic imine (C=N–C) groups is 1. The van der Waals surface area contributed by atoms with Crippen molar-refractivity contribution in [3.05, 3.63) is 111 Å². The summed E-state index contributed by atoms with van der Waals surface area (Å²) in [5.41, 5.74) is 19.2. The molecule has 54 heavy (non-hydrogen) atoms. The molecule has 282 valence electrons. The van der Waals surface area contributed by atoms with Crippen molar-refractivity contribution in [2.75, 3.05) is 6.54 Å². The molecule has 0 fully saturated rings. The van der Waals surface area contributed by atoms with E-state index in [0.717, 1.165) is 9.58 Å². The molecule has 14 nitrogen and oxygen atoms in total. The molecule has 2 heterocycles. The van der Waals surface area contributed by atoms with Crippen LogP contribution in [-0.4, -0.2) is 75.4 Å². The third-order valence-corrected chi connectivity index (χ3v) is 10.4. The molecule has 0 aliphatic heterocycles. The number of fused-ring (bicyclic) bond motifs is 1. The minimum Gasteiger partial charge on any atom is -0.508 e. The number of nitrogens with two attached hydrogens (primary N) is 3. The second kappa shape index (κ2) is 18.8. The van der Waals surface area contributed by atoms with Crippen molar-refractivity contribution in [2.45, 2.75) is 56.3 Å². The molecular weight excluding hydrogens is 729 g/mol. The minimum atomic E-state index is -1.17. The average Bonchev–Trinajstić information content (AvgIpc) is 3.84. The SMILES string of the molecule is NC(N)=NCCC[C@H](NC(=O)[C@H](Cc1cccs1)NC(=O)[C@H](Cc1ccc(O)cc1)NC(=O)[C@@H](N)Cc1ccc(O)cc1)C(=O)c1nc2ccccc2s1. The number of thiazole rings is 1. The molecule has 5 aromatic rings. The first-order valence-electron chi connectivity index (χ1n) is 17.1. The van der Waals surface area contributed by atoms with Gasteiger partial charge < -0.3 is 43.4 Å². The van der Waals surface area contributed by atoms with Crippen molar-refractivity contribution in [1.29, 1.82) is 0 Å². The van der Waals surface area contributed by atoms with E-state index in [1.165, 1.54) is 46.9 Å². The Labute approximate surface area is 319 Å². The minimum absolute atomic E-state index is 0.0145. The van der Waals surface area contributed by atoms with Gasteiger partial charge in [-0.2, -0.15) is 0 Å². The topological polar surface area (TPSA) is 248 Å². The van der Waals surface area contributed by atoms with Crippen molar-refractivity contribution in [3.63, 3.8) is 0 Å². The number of phenols is 2. The molecule has 11 N–H and O–H groups in total. The van der Waals surface area contributed by atoms with Crippen LogP contribution in [0.25, 0.3) is 10.2 Å². The van der Waals surface area contributed by atoms with Gasteiger partial charge in [0.25, 0.3) is 0 Å². The first-order chi connectivity index (χ1) is 25.9. The van der Waals surface area contributed by atoms with E-state index in [-0.39, 0.29) is 54.7 Å². The number of Topliss-reactive ketones (excluding diaryl/α,β-unsaturated/α-hetero) is 1. The van der Waals surface area contributed by atoms with Crippen molar-refractivity contribution in [3.8, 4) is 11.5 Å². The normalized spacial score (nSPS) is 13.3. The zero-order chi connectivity index (χ0) is 38.6. The Morgan fingerprint density at radius 3 is 1.93 bits per heavy atom. The largest absolute Gasteiger partial charge is 0.508 e. The van der Waals surface area contributed by atoms with E-state index in [1.807, 2.05) is 35.7 Å². The molecule has 0 radical (unpaired) electrons. The van der Waals surface area contributed by atoms with Crippen LogP contribution in [0.15, 0.2) is 95.3 Å². The maximum Gasteiger partial charge on any atom is 0.243 e. The van der Waals surface area contributed by atoms with Gasteiger partial charge in [0, 0.05) is 24.3 Å². The zero-order valence-electron chi connectivity index (χ0n) is 29.2. The van der Waals surface area contributed by atoms with Crippen LogP contribution in [0.5, 0.6) is 11.5 Å². The number of benzene rings is 3. The summed E-state index contributed by atoms with van der Waals surface area (Å²) in [5, 5.41) is 29.9. The number of carbonyl (C=O) groups is 4. The fourth-order valence-electron chi connectivity index (χ4n) is 5.62. The van der Waals surface area contributed by atoms with E-state index in [9.17, 15) is 29.4 Å². The van der Waals surface area contributed by atoms with E-state index in [0.29, 0.717) is 23.1 Å². The number of aromatic nitrogens is 1. The lowest BCUT2D eigenvalue weighted by Crippen LogP contribution is -2.58. The molecular formula is C38H42N8O6S2. The molecule has 4 atom stereocenters. The molecule has 2 aromatic heterocycles. The summed E-state index contributed by atoms with van der Waals surface area (Å²) in [6.07, 6.45) is 0.810. The van der Waals surface area contributed by atoms with Gasteiger partial charge in [-0.25, -0.2) is 4.98 Å². The molecule has 0 saturated carbocycles. The smallest absolute Gasteiger partial charge is 0.243 e. The summed E-state index contributed by atoms with van der Waals surface area (Å²) in [7, 11) is 0. The van der Waals surface area contributed by atoms with Crippen LogP contribution in [0, 0.1) is 0 Å². The van der Waals surface area contributed by atoms with Gasteiger partial charge in [0.1, 0.15) is 23.6 Å². The predicted molar refractivity (Wildman–Crippen MR) is 209 cm³/mol. The Kier molecular flexibility index (Phi) is 13.7. The third-order valence-electron chi connectivity index (χ3n) is 8.44. The van der Waals surface area contributed by atoms with Crippen LogP contribution in [0.3, 0.4) is 0 Å². The van der Waals surface area contributed by atoms with Gasteiger partial charge in [-0.15, -0.1) is 22.7 Å². The van der Waals surface area contributed by atoms with Gasteiger partial charge in [-0.3, -0.25) is 24.2 Å². The van der Waals surface area contributed by atoms with Crippen molar-refractivity contribution >= 4 is 62.4 Å². The number of nitrogens with zero attached hydrogens (tertiary/aromatic N) is 2. The maximum absolute atomic E-state index is 14.1. The number of nitrogens with one attached hydrogen (secondary N) is 3. The molecule has 3 amide bonds. The van der Waals surface area contributed by atoms with Gasteiger partial charge in [-0.05, 0) is 78.2 Å². The van der Waals surface area contributed by atoms with Gasteiger partial charge >= 0.3 is 0 Å². The number of thiophene rings is 1. The summed E-state index contributed by atoms with van der Waals surface area (Å²) >= 11 is 2.62. The first-order valence-corrected chi connectivity index (χ1v) is 18.8. The molecule has 5 rings (SSSR count). The number of hydrogen-bond acceptors (Lipinski definition) is 11. The van der Waals surface area contributed by atoms with Crippen LogP contribution in [0.2, 0.25) is 0 Å². The maximum atomic E-state index is 14.1. The van der Waals surface area contributed by atoms with Gasteiger partial charge in [-0.1, -0.05) is 42.5 Å². The number of para-hydroxylation sites is 1. The second-order valence-corrected chi connectivity index (χ2v) is 14.7. The van der Waals surface area contributed by atoms with Crippen LogP contribution in [-0.2, 0) is 33.6 Å². The summed E-state index contributed by atoms with van der Waals surface area (Å²) < 4.78 is 0.818. The Hall–Kier alpha value is -5.84. The number of rotatable bonds is 18. The Morgan fingerprint density at radius 1 is 0.722 bits per heavy atom. The lowest BCUT2D eigenvalue weighted by molar-refractivity contribution is -0.132. The quantitative estimate of drug-likeness (QED) is 0.0280. The highest BCUT2D eigenvalue weighted by Gasteiger charge is 2.32. The highest BCUT2D eigenvalue weighted by molar-refractivity contribution is 7.20. The number of amides is 3. The van der Waals surface area contributed by atoms with Crippen LogP contribution in [0.1, 0.15) is 38.6 Å². The molecule has 0 bridgehead atoms. The Bertz CT molecular complexity index is 2030. The van der Waals surface area contributed by atoms with Gasteiger partial charge in [0.15, 0.2) is 11.0 Å². The fraction of sp³-hybridized carbons (Fsp3) is 0.263. The van der Waals surface area contributed by atoms with Crippen molar-refractivity contribution in [2.24, 2.45) is 22.2 Å². The fourth-order valence-corrected chi connectivity index (χ4v) is 7.33. The second-order valence-electron chi connectivity index (χ2n) is 12.6. The molecule has 0 saturated heterocycles.